The van der Waals surface area contributed by atoms with E-state index in [4.69, 9.17) is 18.7 Å². The van der Waals surface area contributed by atoms with Gasteiger partial charge in [0.15, 0.2) is 0 Å². The summed E-state index contributed by atoms with van der Waals surface area (Å²) >= 11 is 0. The largest absolute Gasteiger partial charge is 0.507 e. The number of rotatable bonds is 6. The van der Waals surface area contributed by atoms with Crippen LogP contribution in [0.25, 0.3) is 72.7 Å². The SMILES string of the molecule is [2H]c1nc(-c2[c-]c(-c3cccc4c3nc(-c3cc(C(C)(C)C)cc(C(C)(C)C)c3O)n4-c3ccc(C([2H])([2H])[2H])cc3-c3ccc(C(C)(C)C)cc3)cc(C(C)(C)C)c2)c([2H])c(-c2c([2H])c([2H])c([2H])c([2H])c2[2H])c1[2H].[Pt]. The van der Waals surface area contributed by atoms with Gasteiger partial charge in [0.25, 0.3) is 0 Å². The zero-order valence-electron chi connectivity index (χ0n) is 49.7. The van der Waals surface area contributed by atoms with Gasteiger partial charge in [-0.15, -0.1) is 29.3 Å². The first-order chi connectivity index (χ1) is 34.1. The summed E-state index contributed by atoms with van der Waals surface area (Å²) in [7, 11) is 0. The van der Waals surface area contributed by atoms with E-state index >= 15 is 0 Å². The van der Waals surface area contributed by atoms with Crippen molar-refractivity contribution in [1.29, 1.82) is 0 Å². The summed E-state index contributed by atoms with van der Waals surface area (Å²) in [5.74, 6) is 0.446. The van der Waals surface area contributed by atoms with Crippen LogP contribution in [-0.4, -0.2) is 19.6 Å². The summed E-state index contributed by atoms with van der Waals surface area (Å²) in [5, 5.41) is 12.6. The van der Waals surface area contributed by atoms with Gasteiger partial charge in [-0.3, -0.25) is 9.55 Å². The molecule has 4 nitrogen and oxygen atoms in total. The Morgan fingerprint density at radius 3 is 1.91 bits per heavy atom. The molecule has 64 heavy (non-hydrogen) atoms. The fraction of sp³-hybridized carbons (Fsp3) is 0.288. The number of phenols is 1. The molecule has 8 rings (SSSR count). The van der Waals surface area contributed by atoms with Crippen molar-refractivity contribution in [2.45, 2.75) is 112 Å². The second-order valence-electron chi connectivity index (χ2n) is 20.6. The number of aryl methyl sites for hydroxylation is 1. The number of para-hydroxylation sites is 1. The van der Waals surface area contributed by atoms with E-state index in [9.17, 15) is 6.48 Å². The van der Waals surface area contributed by atoms with Crippen LogP contribution in [0.15, 0.2) is 133 Å². The van der Waals surface area contributed by atoms with Crippen LogP contribution in [0.2, 0.25) is 0 Å². The Morgan fingerprint density at radius 1 is 0.609 bits per heavy atom. The van der Waals surface area contributed by atoms with Crippen LogP contribution in [0.3, 0.4) is 0 Å². The Balaban J connectivity index is 0.00000820. The number of aromatic hydroxyl groups is 1. The predicted octanol–water partition coefficient (Wildman–Crippen LogP) is 15.8. The molecule has 1 N–H and O–H groups in total. The van der Waals surface area contributed by atoms with E-state index in [0.29, 0.717) is 44.8 Å². The molecule has 0 amide bonds. The number of aromatic nitrogens is 3. The normalized spacial score (nSPS) is 15.0. The molecule has 5 heteroatoms. The van der Waals surface area contributed by atoms with Gasteiger partial charge in [-0.1, -0.05) is 185 Å². The minimum atomic E-state index is -2.43. The van der Waals surface area contributed by atoms with Crippen LogP contribution in [0, 0.1) is 12.9 Å². The van der Waals surface area contributed by atoms with Crippen LogP contribution in [-0.2, 0) is 42.7 Å². The minimum absolute atomic E-state index is 0. The summed E-state index contributed by atoms with van der Waals surface area (Å²) in [6.45, 7) is 22.5. The molecule has 0 saturated carbocycles. The molecular formula is C59H62N3OPt-. The van der Waals surface area contributed by atoms with E-state index in [1.54, 1.807) is 24.3 Å². The van der Waals surface area contributed by atoms with Gasteiger partial charge in [0, 0.05) is 48.2 Å². The zero-order chi connectivity index (χ0) is 54.7. The fourth-order valence-corrected chi connectivity index (χ4v) is 7.88. The molecule has 0 bridgehead atoms. The summed E-state index contributed by atoms with van der Waals surface area (Å²) in [5.41, 5.74) is 6.47. The van der Waals surface area contributed by atoms with Crippen molar-refractivity contribution in [1.82, 2.24) is 14.5 Å². The van der Waals surface area contributed by atoms with Crippen molar-refractivity contribution in [2.75, 3.05) is 0 Å². The molecule has 0 saturated heterocycles. The van der Waals surface area contributed by atoms with Gasteiger partial charge in [0.2, 0.25) is 0 Å². The topological polar surface area (TPSA) is 50.9 Å². The van der Waals surface area contributed by atoms with Crippen molar-refractivity contribution in [3.05, 3.63) is 167 Å². The van der Waals surface area contributed by atoms with Crippen LogP contribution in [0.1, 0.15) is 126 Å². The molecule has 0 aliphatic heterocycles. The van der Waals surface area contributed by atoms with E-state index in [-0.39, 0.29) is 65.6 Å². The Morgan fingerprint density at radius 2 is 1.27 bits per heavy atom. The predicted molar refractivity (Wildman–Crippen MR) is 266 cm³/mol. The first kappa shape index (κ1) is 33.9. The number of benzene rings is 6. The molecular weight excluding hydrogens is 962 g/mol. The van der Waals surface area contributed by atoms with E-state index in [1.165, 1.54) is 0 Å². The molecule has 0 radical (unpaired) electrons. The minimum Gasteiger partial charge on any atom is -0.507 e. The second kappa shape index (κ2) is 17.1. The Hall–Kier alpha value is -5.57. The van der Waals surface area contributed by atoms with Gasteiger partial charge in [0.1, 0.15) is 11.6 Å². The van der Waals surface area contributed by atoms with Crippen LogP contribution < -0.4 is 0 Å². The van der Waals surface area contributed by atoms with Crippen molar-refractivity contribution in [3.8, 4) is 67.5 Å². The number of pyridine rings is 1. The third-order valence-corrected chi connectivity index (χ3v) is 11.6. The summed E-state index contributed by atoms with van der Waals surface area (Å²) in [4.78, 5) is 9.94. The third kappa shape index (κ3) is 9.18. The molecule has 2 aromatic heterocycles. The van der Waals surface area contributed by atoms with Gasteiger partial charge >= 0.3 is 0 Å². The second-order valence-corrected chi connectivity index (χ2v) is 20.6. The van der Waals surface area contributed by atoms with E-state index in [1.807, 2.05) is 94.6 Å². The summed E-state index contributed by atoms with van der Waals surface area (Å²) < 4.78 is 97.1. The van der Waals surface area contributed by atoms with Crippen LogP contribution in [0.5, 0.6) is 5.75 Å². The maximum absolute atomic E-state index is 12.6. The molecule has 0 atom stereocenters. The average Bonchev–Trinajstić information content (AvgIpc) is 3.70. The van der Waals surface area contributed by atoms with E-state index in [0.717, 1.165) is 27.8 Å². The van der Waals surface area contributed by atoms with E-state index < -0.39 is 66.2 Å². The fourth-order valence-electron chi connectivity index (χ4n) is 7.88. The number of phenolic OH excluding ortho intramolecular Hbond substituents is 1. The quantitative estimate of drug-likeness (QED) is 0.169. The van der Waals surface area contributed by atoms with Gasteiger partial charge in [-0.2, -0.15) is 0 Å². The number of hydrogen-bond donors (Lipinski definition) is 1. The van der Waals surface area contributed by atoms with Gasteiger partial charge < -0.3 is 5.11 Å². The maximum atomic E-state index is 12.6. The van der Waals surface area contributed by atoms with Crippen molar-refractivity contribution in [3.63, 3.8) is 0 Å². The summed E-state index contributed by atoms with van der Waals surface area (Å²) in [6, 6.07) is 26.2. The Bertz CT molecular complexity index is 3540. The standard InChI is InChI=1S/C59H62N3O.Pt/c1-37-22-27-51(47(30-37)39-23-25-43(26-24-39)56(2,3)4)62-52-21-17-20-46(53(52)61-55(62)48-35-45(58(8,9)10)36-49(54(48)63)59(11,12)13)41-31-42(33-44(32-41)57(5,6)7)50-34-40(28-29-60-50)38-18-15-14-16-19-38;/h14-30,32-36,63H,1-13H3;/q-1;/i1D3,14D,15D,16D,18D,19D,28D,29D,34D;. The molecule has 0 fully saturated rings. The van der Waals surface area contributed by atoms with E-state index in [2.05, 4.69) is 64.7 Å². The van der Waals surface area contributed by atoms with Gasteiger partial charge in [-0.05, 0) is 86.6 Å². The zero-order valence-corrected chi connectivity index (χ0v) is 41.0. The average molecular weight is 1040 g/mol. The maximum Gasteiger partial charge on any atom is 0.148 e. The van der Waals surface area contributed by atoms with Crippen LogP contribution in [0.4, 0.5) is 0 Å². The molecule has 0 aliphatic rings. The van der Waals surface area contributed by atoms with Crippen molar-refractivity contribution >= 4 is 11.0 Å². The number of nitrogens with zero attached hydrogens (tertiary/aromatic N) is 3. The molecule has 0 spiro atoms. The molecule has 6 aromatic carbocycles. The van der Waals surface area contributed by atoms with Gasteiger partial charge in [0.05, 0.1) is 33.3 Å². The molecule has 8 aromatic rings. The summed E-state index contributed by atoms with van der Waals surface area (Å²) in [6.07, 6.45) is -0.556. The molecule has 330 valence electrons. The third-order valence-electron chi connectivity index (χ3n) is 11.6. The van der Waals surface area contributed by atoms with Crippen LogP contribution >= 0.6 is 0 Å². The monoisotopic (exact) mass is 1030 g/mol. The first-order valence-electron chi connectivity index (χ1n) is 26.9. The molecule has 0 aliphatic carbocycles. The first-order valence-corrected chi connectivity index (χ1v) is 21.4. The van der Waals surface area contributed by atoms with Crippen molar-refractivity contribution in [2.24, 2.45) is 0 Å². The molecule has 0 unspecified atom stereocenters. The number of fused-ring (bicyclic) bond motifs is 1. The smallest absolute Gasteiger partial charge is 0.148 e. The van der Waals surface area contributed by atoms with Crippen molar-refractivity contribution < 1.29 is 41.3 Å². The van der Waals surface area contributed by atoms with Gasteiger partial charge in [-0.25, -0.2) is 4.98 Å². The number of imidazole rings is 1. The molecule has 2 heterocycles. The Labute approximate surface area is 411 Å². The number of hydrogen-bond acceptors (Lipinski definition) is 3. The Kier molecular flexibility index (Phi) is 9.05.